The molecule has 104 valence electrons. The summed E-state index contributed by atoms with van der Waals surface area (Å²) in [7, 11) is 0. The highest BCUT2D eigenvalue weighted by Gasteiger charge is 2.18. The second-order valence-corrected chi connectivity index (χ2v) is 5.01. The van der Waals surface area contributed by atoms with Crippen LogP contribution in [0.5, 0.6) is 0 Å². The average molecular weight is 261 g/mol. The van der Waals surface area contributed by atoms with Gasteiger partial charge in [-0.15, -0.1) is 0 Å². The number of nitrogens with one attached hydrogen (secondary N) is 1. The third kappa shape index (κ3) is 4.06. The number of rotatable bonds is 6. The largest absolute Gasteiger partial charge is 0.466 e. The molecule has 0 aliphatic heterocycles. The highest BCUT2D eigenvalue weighted by atomic mass is 16.5. The van der Waals surface area contributed by atoms with E-state index in [1.165, 1.54) is 30.4 Å². The quantitative estimate of drug-likeness (QED) is 0.632. The number of ether oxygens (including phenoxy) is 1. The number of benzene rings is 1. The van der Waals surface area contributed by atoms with Crippen LogP contribution in [0.3, 0.4) is 0 Å². The van der Waals surface area contributed by atoms with Gasteiger partial charge < -0.3 is 10.1 Å². The number of fused-ring (bicyclic) bond motifs is 1. The molecule has 0 saturated heterocycles. The molecule has 0 saturated carbocycles. The van der Waals surface area contributed by atoms with Crippen molar-refractivity contribution in [3.05, 3.63) is 35.4 Å². The SMILES string of the molecule is CCOC(=O)CCCNC1CCCc2ccccc21. The molecule has 0 amide bonds. The summed E-state index contributed by atoms with van der Waals surface area (Å²) in [4.78, 5) is 11.2. The van der Waals surface area contributed by atoms with Gasteiger partial charge in [0.05, 0.1) is 6.61 Å². The molecule has 3 nitrogen and oxygen atoms in total. The van der Waals surface area contributed by atoms with Crippen molar-refractivity contribution in [1.82, 2.24) is 5.32 Å². The Morgan fingerprint density at radius 3 is 3.11 bits per heavy atom. The fourth-order valence-corrected chi connectivity index (χ4v) is 2.71. The summed E-state index contributed by atoms with van der Waals surface area (Å²) < 4.78 is 4.92. The number of aryl methyl sites for hydroxylation is 1. The molecule has 1 aliphatic carbocycles. The van der Waals surface area contributed by atoms with E-state index in [0.717, 1.165) is 13.0 Å². The van der Waals surface area contributed by atoms with Crippen molar-refractivity contribution in [1.29, 1.82) is 0 Å². The van der Waals surface area contributed by atoms with Crippen molar-refractivity contribution in [2.24, 2.45) is 0 Å². The molecule has 0 fully saturated rings. The fraction of sp³-hybridized carbons (Fsp3) is 0.562. The van der Waals surface area contributed by atoms with Crippen molar-refractivity contribution in [2.45, 2.75) is 45.1 Å². The minimum absolute atomic E-state index is 0.0895. The van der Waals surface area contributed by atoms with Gasteiger partial charge in [-0.25, -0.2) is 0 Å². The normalized spacial score (nSPS) is 17.8. The van der Waals surface area contributed by atoms with Crippen molar-refractivity contribution in [2.75, 3.05) is 13.2 Å². The number of esters is 1. The summed E-state index contributed by atoms with van der Waals surface area (Å²) in [6.45, 7) is 3.19. The van der Waals surface area contributed by atoms with Gasteiger partial charge in [0.15, 0.2) is 0 Å². The van der Waals surface area contributed by atoms with Gasteiger partial charge in [-0.2, -0.15) is 0 Å². The van der Waals surface area contributed by atoms with Crippen LogP contribution in [0.15, 0.2) is 24.3 Å². The first-order valence-electron chi connectivity index (χ1n) is 7.28. The highest BCUT2D eigenvalue weighted by molar-refractivity contribution is 5.69. The smallest absolute Gasteiger partial charge is 0.305 e. The number of hydrogen-bond donors (Lipinski definition) is 1. The number of hydrogen-bond acceptors (Lipinski definition) is 3. The first kappa shape index (κ1) is 14.1. The summed E-state index contributed by atoms with van der Waals surface area (Å²) >= 11 is 0. The van der Waals surface area contributed by atoms with Crippen LogP contribution in [-0.2, 0) is 16.0 Å². The van der Waals surface area contributed by atoms with Crippen LogP contribution in [0.2, 0.25) is 0 Å². The zero-order chi connectivity index (χ0) is 13.5. The summed E-state index contributed by atoms with van der Waals surface area (Å²) in [5.41, 5.74) is 2.90. The molecule has 0 heterocycles. The molecule has 0 spiro atoms. The van der Waals surface area contributed by atoms with Crippen molar-refractivity contribution >= 4 is 5.97 Å². The topological polar surface area (TPSA) is 38.3 Å². The second-order valence-electron chi connectivity index (χ2n) is 5.01. The predicted octanol–water partition coefficient (Wildman–Crippen LogP) is 3.00. The van der Waals surface area contributed by atoms with Gasteiger partial charge >= 0.3 is 5.97 Å². The Kier molecular flexibility index (Phi) is 5.40. The molecule has 0 aromatic heterocycles. The lowest BCUT2D eigenvalue weighted by Gasteiger charge is -2.26. The molecule has 1 unspecified atom stereocenters. The third-order valence-corrected chi connectivity index (χ3v) is 3.62. The van der Waals surface area contributed by atoms with E-state index in [0.29, 0.717) is 19.1 Å². The summed E-state index contributed by atoms with van der Waals surface area (Å²) in [6, 6.07) is 9.12. The zero-order valence-electron chi connectivity index (χ0n) is 11.7. The van der Waals surface area contributed by atoms with E-state index in [1.807, 2.05) is 6.92 Å². The minimum Gasteiger partial charge on any atom is -0.466 e. The Morgan fingerprint density at radius 2 is 2.26 bits per heavy atom. The summed E-state index contributed by atoms with van der Waals surface area (Å²) in [5.74, 6) is -0.0895. The number of carbonyl (C=O) groups is 1. The molecule has 1 N–H and O–H groups in total. The van der Waals surface area contributed by atoms with E-state index < -0.39 is 0 Å². The Morgan fingerprint density at radius 1 is 1.42 bits per heavy atom. The first-order chi connectivity index (χ1) is 9.31. The van der Waals surface area contributed by atoms with Gasteiger partial charge in [0.1, 0.15) is 0 Å². The molecule has 3 heteroatoms. The van der Waals surface area contributed by atoms with E-state index in [-0.39, 0.29) is 5.97 Å². The maximum atomic E-state index is 11.2. The molecule has 2 rings (SSSR count). The van der Waals surface area contributed by atoms with Gasteiger partial charge in [-0.1, -0.05) is 24.3 Å². The first-order valence-corrected chi connectivity index (χ1v) is 7.28. The van der Waals surface area contributed by atoms with E-state index in [2.05, 4.69) is 29.6 Å². The lowest BCUT2D eigenvalue weighted by Crippen LogP contribution is -2.26. The maximum Gasteiger partial charge on any atom is 0.305 e. The average Bonchev–Trinajstić information content (AvgIpc) is 2.44. The highest BCUT2D eigenvalue weighted by Crippen LogP contribution is 2.29. The van der Waals surface area contributed by atoms with E-state index in [9.17, 15) is 4.79 Å². The van der Waals surface area contributed by atoms with Crippen LogP contribution in [0.1, 0.15) is 49.8 Å². The maximum absolute atomic E-state index is 11.2. The Labute approximate surface area is 115 Å². The molecule has 1 aliphatic rings. The molecular formula is C16H23NO2. The van der Waals surface area contributed by atoms with Crippen LogP contribution in [0.4, 0.5) is 0 Å². The molecule has 1 aromatic rings. The lowest BCUT2D eigenvalue weighted by atomic mass is 9.88. The molecule has 1 aromatic carbocycles. The van der Waals surface area contributed by atoms with Gasteiger partial charge in [-0.3, -0.25) is 4.79 Å². The summed E-state index contributed by atoms with van der Waals surface area (Å²) in [5, 5.41) is 3.57. The molecule has 19 heavy (non-hydrogen) atoms. The van der Waals surface area contributed by atoms with E-state index in [1.54, 1.807) is 0 Å². The van der Waals surface area contributed by atoms with Crippen molar-refractivity contribution in [3.63, 3.8) is 0 Å². The molecular weight excluding hydrogens is 238 g/mol. The molecule has 1 atom stereocenters. The van der Waals surface area contributed by atoms with Gasteiger partial charge in [0.25, 0.3) is 0 Å². The monoisotopic (exact) mass is 261 g/mol. The molecule has 0 bridgehead atoms. The third-order valence-electron chi connectivity index (χ3n) is 3.62. The Hall–Kier alpha value is -1.35. The Bertz CT molecular complexity index is 417. The van der Waals surface area contributed by atoms with Gasteiger partial charge in [0, 0.05) is 12.5 Å². The number of carbonyl (C=O) groups excluding carboxylic acids is 1. The van der Waals surface area contributed by atoms with Crippen LogP contribution >= 0.6 is 0 Å². The van der Waals surface area contributed by atoms with E-state index >= 15 is 0 Å². The standard InChI is InChI=1S/C16H23NO2/c1-2-19-16(18)11-6-12-17-15-10-5-8-13-7-3-4-9-14(13)15/h3-4,7,9,15,17H,2,5-6,8,10-12H2,1H3. The van der Waals surface area contributed by atoms with E-state index in [4.69, 9.17) is 4.74 Å². The van der Waals surface area contributed by atoms with Crippen LogP contribution in [-0.4, -0.2) is 19.1 Å². The minimum atomic E-state index is -0.0895. The second kappa shape index (κ2) is 7.29. The van der Waals surface area contributed by atoms with Crippen LogP contribution in [0, 0.1) is 0 Å². The zero-order valence-corrected chi connectivity index (χ0v) is 11.7. The van der Waals surface area contributed by atoms with Gasteiger partial charge in [-0.05, 0) is 50.3 Å². The van der Waals surface area contributed by atoms with Crippen LogP contribution < -0.4 is 5.32 Å². The Balaban J connectivity index is 1.77. The van der Waals surface area contributed by atoms with Crippen molar-refractivity contribution < 1.29 is 9.53 Å². The summed E-state index contributed by atoms with van der Waals surface area (Å²) in [6.07, 6.45) is 4.98. The fourth-order valence-electron chi connectivity index (χ4n) is 2.71. The van der Waals surface area contributed by atoms with Crippen LogP contribution in [0.25, 0.3) is 0 Å². The predicted molar refractivity (Wildman–Crippen MR) is 76.0 cm³/mol. The van der Waals surface area contributed by atoms with Gasteiger partial charge in [0.2, 0.25) is 0 Å². The van der Waals surface area contributed by atoms with Crippen molar-refractivity contribution in [3.8, 4) is 0 Å². The lowest BCUT2D eigenvalue weighted by molar-refractivity contribution is -0.143. The molecule has 0 radical (unpaired) electrons.